The van der Waals surface area contributed by atoms with Crippen molar-refractivity contribution in [3.8, 4) is 0 Å². The van der Waals surface area contributed by atoms with Gasteiger partial charge in [-0.3, -0.25) is 4.79 Å². The summed E-state index contributed by atoms with van der Waals surface area (Å²) in [5.41, 5.74) is 3.14. The molecule has 3 heteroatoms. The Labute approximate surface area is 138 Å². The summed E-state index contributed by atoms with van der Waals surface area (Å²) >= 11 is 0. The summed E-state index contributed by atoms with van der Waals surface area (Å²) in [5.74, 6) is 0.405. The normalized spacial score (nSPS) is 33.7. The van der Waals surface area contributed by atoms with Gasteiger partial charge in [0.25, 0.3) is 0 Å². The molecule has 0 aliphatic heterocycles. The largest absolute Gasteiger partial charge is 0.396 e. The predicted octanol–water partition coefficient (Wildman–Crippen LogP) is 2.96. The molecule has 0 aromatic heterocycles. The standard InChI is InChI=1S/C20H28O3/c1-12(11-21)13-5-7-15-14(9-13)6-8-17-19(2,3)18(23)16(22)10-20(15,17)4/h5,7,9,12,17-18,21,23H,6,8,10-11H2,1-4H3/t12-,17-,18-,20+/m0/s1. The zero-order chi connectivity index (χ0) is 17.0. The van der Waals surface area contributed by atoms with E-state index in [9.17, 15) is 15.0 Å². The van der Waals surface area contributed by atoms with E-state index in [2.05, 4.69) is 25.1 Å². The van der Waals surface area contributed by atoms with E-state index in [4.69, 9.17) is 0 Å². The molecule has 0 radical (unpaired) electrons. The fourth-order valence-electron chi connectivity index (χ4n) is 5.07. The van der Waals surface area contributed by atoms with Crippen LogP contribution in [0.3, 0.4) is 0 Å². The number of hydrogen-bond donors (Lipinski definition) is 2. The van der Waals surface area contributed by atoms with Crippen molar-refractivity contribution in [2.75, 3.05) is 6.61 Å². The van der Waals surface area contributed by atoms with E-state index in [1.54, 1.807) is 0 Å². The monoisotopic (exact) mass is 316 g/mol. The predicted molar refractivity (Wildman–Crippen MR) is 90.5 cm³/mol. The molecule has 2 aliphatic carbocycles. The van der Waals surface area contributed by atoms with E-state index in [-0.39, 0.29) is 23.7 Å². The molecular weight excluding hydrogens is 288 g/mol. The van der Waals surface area contributed by atoms with Crippen molar-refractivity contribution >= 4 is 5.78 Å². The molecule has 1 aromatic carbocycles. The first-order valence-corrected chi connectivity index (χ1v) is 8.66. The number of hydrogen-bond acceptors (Lipinski definition) is 3. The van der Waals surface area contributed by atoms with Crippen LogP contribution in [0.15, 0.2) is 18.2 Å². The first kappa shape index (κ1) is 16.7. The molecule has 0 saturated heterocycles. The number of rotatable bonds is 2. The Morgan fingerprint density at radius 2 is 2.00 bits per heavy atom. The summed E-state index contributed by atoms with van der Waals surface area (Å²) in [7, 11) is 0. The average Bonchev–Trinajstić information content (AvgIpc) is 2.51. The van der Waals surface area contributed by atoms with E-state index in [0.29, 0.717) is 12.3 Å². The zero-order valence-electron chi connectivity index (χ0n) is 14.6. The third kappa shape index (κ3) is 2.36. The van der Waals surface area contributed by atoms with E-state index in [1.165, 1.54) is 11.1 Å². The highest BCUT2D eigenvalue weighted by Gasteiger charge is 2.56. The third-order valence-corrected chi connectivity index (χ3v) is 6.51. The minimum Gasteiger partial charge on any atom is -0.396 e. The van der Waals surface area contributed by atoms with Gasteiger partial charge in [-0.15, -0.1) is 0 Å². The quantitative estimate of drug-likeness (QED) is 0.882. The van der Waals surface area contributed by atoms with Crippen molar-refractivity contribution in [3.05, 3.63) is 34.9 Å². The van der Waals surface area contributed by atoms with Crippen molar-refractivity contribution < 1.29 is 15.0 Å². The fourth-order valence-corrected chi connectivity index (χ4v) is 5.07. The van der Waals surface area contributed by atoms with Crippen LogP contribution in [0, 0.1) is 11.3 Å². The maximum atomic E-state index is 12.4. The summed E-state index contributed by atoms with van der Waals surface area (Å²) in [6.07, 6.45) is 1.55. The molecule has 1 aromatic rings. The van der Waals surface area contributed by atoms with Gasteiger partial charge in [0.2, 0.25) is 0 Å². The van der Waals surface area contributed by atoms with Gasteiger partial charge in [-0.2, -0.15) is 0 Å². The van der Waals surface area contributed by atoms with Crippen molar-refractivity contribution in [2.24, 2.45) is 11.3 Å². The summed E-state index contributed by atoms with van der Waals surface area (Å²) in [6, 6.07) is 6.46. The second kappa shape index (κ2) is 5.42. The number of aliphatic hydroxyl groups excluding tert-OH is 2. The molecule has 2 N–H and O–H groups in total. The summed E-state index contributed by atoms with van der Waals surface area (Å²) < 4.78 is 0. The molecule has 126 valence electrons. The lowest BCUT2D eigenvalue weighted by Gasteiger charge is -2.55. The number of fused-ring (bicyclic) bond motifs is 3. The number of carbonyl (C=O) groups excluding carboxylic acids is 1. The Morgan fingerprint density at radius 1 is 1.30 bits per heavy atom. The molecule has 3 rings (SSSR count). The zero-order valence-corrected chi connectivity index (χ0v) is 14.6. The molecule has 0 bridgehead atoms. The van der Waals surface area contributed by atoms with Crippen molar-refractivity contribution in [1.82, 2.24) is 0 Å². The summed E-state index contributed by atoms with van der Waals surface area (Å²) in [5, 5.41) is 19.8. The van der Waals surface area contributed by atoms with Crippen LogP contribution in [0.2, 0.25) is 0 Å². The smallest absolute Gasteiger partial charge is 0.162 e. The SMILES string of the molecule is C[C@@H](CO)c1ccc2c(c1)CC[C@H]1C(C)(C)[C@@H](O)C(=O)C[C@]21C. The minimum absolute atomic E-state index is 0.0330. The van der Waals surface area contributed by atoms with E-state index in [1.807, 2.05) is 20.8 Å². The number of carbonyl (C=O) groups is 1. The number of aliphatic hydroxyl groups is 2. The first-order valence-electron chi connectivity index (χ1n) is 8.66. The molecule has 23 heavy (non-hydrogen) atoms. The summed E-state index contributed by atoms with van der Waals surface area (Å²) in [6.45, 7) is 8.43. The fraction of sp³-hybridized carbons (Fsp3) is 0.650. The Morgan fingerprint density at radius 3 is 2.65 bits per heavy atom. The molecule has 0 heterocycles. The van der Waals surface area contributed by atoms with E-state index in [0.717, 1.165) is 18.4 Å². The second-order valence-electron chi connectivity index (χ2n) is 8.38. The molecule has 0 unspecified atom stereocenters. The van der Waals surface area contributed by atoms with Crippen molar-refractivity contribution in [1.29, 1.82) is 0 Å². The number of benzene rings is 1. The lowest BCUT2D eigenvalue weighted by atomic mass is 9.49. The maximum Gasteiger partial charge on any atom is 0.162 e. The average molecular weight is 316 g/mol. The molecule has 0 spiro atoms. The van der Waals surface area contributed by atoms with Gasteiger partial charge in [-0.1, -0.05) is 45.9 Å². The Balaban J connectivity index is 2.07. The van der Waals surface area contributed by atoms with Crippen LogP contribution in [-0.4, -0.2) is 28.7 Å². The lowest BCUT2D eigenvalue weighted by Crippen LogP contribution is -2.57. The highest BCUT2D eigenvalue weighted by molar-refractivity contribution is 5.86. The minimum atomic E-state index is -0.851. The summed E-state index contributed by atoms with van der Waals surface area (Å²) in [4.78, 5) is 12.4. The number of Topliss-reactive ketones (excluding diaryl/α,β-unsaturated/α-hetero) is 1. The Kier molecular flexibility index (Phi) is 3.93. The van der Waals surface area contributed by atoms with Crippen LogP contribution in [-0.2, 0) is 16.6 Å². The van der Waals surface area contributed by atoms with Gasteiger partial charge < -0.3 is 10.2 Å². The van der Waals surface area contributed by atoms with Crippen LogP contribution >= 0.6 is 0 Å². The van der Waals surface area contributed by atoms with E-state index >= 15 is 0 Å². The molecule has 2 aliphatic rings. The van der Waals surface area contributed by atoms with Crippen LogP contribution in [0.5, 0.6) is 0 Å². The van der Waals surface area contributed by atoms with Gasteiger partial charge in [-0.05, 0) is 35.4 Å². The van der Waals surface area contributed by atoms with Gasteiger partial charge >= 0.3 is 0 Å². The van der Waals surface area contributed by atoms with Gasteiger partial charge in [0.15, 0.2) is 5.78 Å². The topological polar surface area (TPSA) is 57.5 Å². The molecule has 4 atom stereocenters. The lowest BCUT2D eigenvalue weighted by molar-refractivity contribution is -0.149. The van der Waals surface area contributed by atoms with Gasteiger partial charge in [0.05, 0.1) is 0 Å². The van der Waals surface area contributed by atoms with Gasteiger partial charge in [0, 0.05) is 29.8 Å². The van der Waals surface area contributed by atoms with Gasteiger partial charge in [0.1, 0.15) is 6.10 Å². The highest BCUT2D eigenvalue weighted by Crippen LogP contribution is 2.56. The Bertz CT molecular complexity index is 634. The number of ketones is 1. The van der Waals surface area contributed by atoms with E-state index < -0.39 is 11.5 Å². The third-order valence-electron chi connectivity index (χ3n) is 6.51. The van der Waals surface area contributed by atoms with Crippen LogP contribution in [0.25, 0.3) is 0 Å². The molecule has 1 fully saturated rings. The van der Waals surface area contributed by atoms with Crippen molar-refractivity contribution in [2.45, 2.75) is 64.4 Å². The molecule has 0 amide bonds. The Hall–Kier alpha value is -1.19. The van der Waals surface area contributed by atoms with Crippen LogP contribution < -0.4 is 0 Å². The highest BCUT2D eigenvalue weighted by atomic mass is 16.3. The first-order chi connectivity index (χ1) is 10.7. The number of aryl methyl sites for hydroxylation is 1. The van der Waals surface area contributed by atoms with Crippen LogP contribution in [0.4, 0.5) is 0 Å². The van der Waals surface area contributed by atoms with Gasteiger partial charge in [-0.25, -0.2) is 0 Å². The molecule has 3 nitrogen and oxygen atoms in total. The van der Waals surface area contributed by atoms with Crippen molar-refractivity contribution in [3.63, 3.8) is 0 Å². The van der Waals surface area contributed by atoms with Crippen LogP contribution in [0.1, 0.15) is 63.1 Å². The second-order valence-corrected chi connectivity index (χ2v) is 8.38. The molecule has 1 saturated carbocycles. The maximum absolute atomic E-state index is 12.4. The molecular formula is C20H28O3.